The van der Waals surface area contributed by atoms with E-state index in [1.807, 2.05) is 18.2 Å². The van der Waals surface area contributed by atoms with Gasteiger partial charge in [0.15, 0.2) is 17.3 Å². The van der Waals surface area contributed by atoms with Crippen LogP contribution in [0.25, 0.3) is 0 Å². The SMILES string of the molecule is COc1ccc(CC(=O)N(Cc2ccc(OC(F)(F)F)cc2)C[C@]2(O)CC[C@H]3c4ccc(cc4C(=O)C4CCCCC4)C[C@@H](O)CCC(C)=CCC[C@@]32C)cc1OC. The largest absolute Gasteiger partial charge is 0.573 e. The molecule has 0 saturated heterocycles. The van der Waals surface area contributed by atoms with E-state index in [-0.39, 0.29) is 48.8 Å². The third kappa shape index (κ3) is 10.1. The zero-order valence-corrected chi connectivity index (χ0v) is 34.2. The second-order valence-corrected chi connectivity index (χ2v) is 17.0. The molecule has 1 amide bonds. The predicted octanol–water partition coefficient (Wildman–Crippen LogP) is 9.68. The van der Waals surface area contributed by atoms with Gasteiger partial charge in [0.1, 0.15) is 5.75 Å². The van der Waals surface area contributed by atoms with Crippen LogP contribution in [0.1, 0.15) is 123 Å². The van der Waals surface area contributed by atoms with Crippen molar-refractivity contribution < 1.29 is 47.2 Å². The van der Waals surface area contributed by atoms with E-state index in [1.54, 1.807) is 23.1 Å². The number of hydrogen-bond acceptors (Lipinski definition) is 7. The molecule has 11 heteroatoms. The summed E-state index contributed by atoms with van der Waals surface area (Å²) in [6.45, 7) is 4.15. The zero-order valence-electron chi connectivity index (χ0n) is 34.2. The highest BCUT2D eigenvalue weighted by Gasteiger charge is 2.57. The molecule has 0 heterocycles. The van der Waals surface area contributed by atoms with Crippen LogP contribution in [0.15, 0.2) is 72.3 Å². The maximum absolute atomic E-state index is 14.5. The van der Waals surface area contributed by atoms with Crippen LogP contribution in [-0.2, 0) is 24.2 Å². The Bertz CT molecular complexity index is 1940. The smallest absolute Gasteiger partial charge is 0.493 e. The number of carbonyl (C=O) groups is 2. The van der Waals surface area contributed by atoms with Crippen molar-refractivity contribution in [2.45, 2.75) is 128 Å². The summed E-state index contributed by atoms with van der Waals surface area (Å²) in [7, 11) is 3.05. The summed E-state index contributed by atoms with van der Waals surface area (Å²) in [6.07, 6.45) is 5.58. The number of aliphatic hydroxyl groups excluding tert-OH is 1. The van der Waals surface area contributed by atoms with Crippen LogP contribution in [-0.4, -0.2) is 65.6 Å². The highest BCUT2D eigenvalue weighted by Crippen LogP contribution is 2.59. The molecule has 0 aliphatic heterocycles. The summed E-state index contributed by atoms with van der Waals surface area (Å²) in [4.78, 5) is 30.6. The molecule has 0 unspecified atom stereocenters. The molecule has 0 spiro atoms. The molecule has 314 valence electrons. The van der Waals surface area contributed by atoms with Crippen LogP contribution >= 0.6 is 0 Å². The highest BCUT2D eigenvalue weighted by atomic mass is 19.4. The minimum atomic E-state index is -4.84. The molecule has 4 aliphatic rings. The van der Waals surface area contributed by atoms with Crippen LogP contribution in [0.4, 0.5) is 13.2 Å². The first kappa shape index (κ1) is 43.2. The van der Waals surface area contributed by atoms with E-state index in [2.05, 4.69) is 24.7 Å². The summed E-state index contributed by atoms with van der Waals surface area (Å²) in [6, 6.07) is 16.7. The third-order valence-corrected chi connectivity index (χ3v) is 13.1. The molecule has 2 bridgehead atoms. The van der Waals surface area contributed by atoms with E-state index < -0.39 is 23.5 Å². The first-order valence-corrected chi connectivity index (χ1v) is 20.7. The fourth-order valence-corrected chi connectivity index (χ4v) is 9.64. The van der Waals surface area contributed by atoms with Crippen molar-refractivity contribution >= 4 is 11.7 Å². The number of halogens is 3. The Morgan fingerprint density at radius 3 is 2.28 bits per heavy atom. The van der Waals surface area contributed by atoms with E-state index in [4.69, 9.17) is 9.47 Å². The van der Waals surface area contributed by atoms with Gasteiger partial charge in [0.25, 0.3) is 0 Å². The number of hydrogen-bond donors (Lipinski definition) is 2. The number of ketones is 1. The Hall–Kier alpha value is -4.35. The molecule has 2 saturated carbocycles. The number of Topliss-reactive ketones (excluding diaryl/α,β-unsaturated/α-hetero) is 1. The van der Waals surface area contributed by atoms with Crippen molar-refractivity contribution in [3.63, 3.8) is 0 Å². The normalized spacial score (nSPS) is 24.3. The average Bonchev–Trinajstić information content (AvgIpc) is 3.45. The maximum atomic E-state index is 14.5. The monoisotopic (exact) mass is 805 g/mol. The van der Waals surface area contributed by atoms with Gasteiger partial charge in [-0.15, -0.1) is 13.2 Å². The number of aliphatic hydroxyl groups is 2. The Morgan fingerprint density at radius 2 is 1.59 bits per heavy atom. The first-order chi connectivity index (χ1) is 27.6. The molecule has 58 heavy (non-hydrogen) atoms. The third-order valence-electron chi connectivity index (χ3n) is 13.1. The van der Waals surface area contributed by atoms with Crippen LogP contribution in [0.2, 0.25) is 0 Å². The van der Waals surface area contributed by atoms with Gasteiger partial charge in [-0.2, -0.15) is 0 Å². The van der Waals surface area contributed by atoms with E-state index >= 15 is 0 Å². The number of fused-ring (bicyclic) bond motifs is 8. The summed E-state index contributed by atoms with van der Waals surface area (Å²) in [5.74, 6) is 0.184. The molecule has 7 rings (SSSR count). The summed E-state index contributed by atoms with van der Waals surface area (Å²) in [5, 5.41) is 24.2. The van der Waals surface area contributed by atoms with Crippen molar-refractivity contribution in [3.8, 4) is 17.2 Å². The fourth-order valence-electron chi connectivity index (χ4n) is 9.64. The molecule has 0 radical (unpaired) electrons. The van der Waals surface area contributed by atoms with Crippen molar-refractivity contribution in [1.82, 2.24) is 4.90 Å². The van der Waals surface area contributed by atoms with Gasteiger partial charge in [0.2, 0.25) is 5.91 Å². The second kappa shape index (κ2) is 18.3. The van der Waals surface area contributed by atoms with Gasteiger partial charge >= 0.3 is 6.36 Å². The molecule has 0 aromatic heterocycles. The molecular weight excluding hydrogens is 748 g/mol. The number of nitrogens with zero attached hydrogens (tertiary/aromatic N) is 1. The van der Waals surface area contributed by atoms with Crippen LogP contribution in [0.5, 0.6) is 17.2 Å². The Kier molecular flexibility index (Phi) is 13.6. The predicted molar refractivity (Wildman–Crippen MR) is 216 cm³/mol. The summed E-state index contributed by atoms with van der Waals surface area (Å²) >= 11 is 0. The molecule has 4 aliphatic carbocycles. The van der Waals surface area contributed by atoms with Crippen molar-refractivity contribution in [2.24, 2.45) is 11.3 Å². The molecule has 3 aromatic rings. The van der Waals surface area contributed by atoms with Gasteiger partial charge in [0.05, 0.1) is 38.9 Å². The van der Waals surface area contributed by atoms with Crippen LogP contribution in [0.3, 0.4) is 0 Å². The van der Waals surface area contributed by atoms with Gasteiger partial charge in [-0.25, -0.2) is 0 Å². The lowest BCUT2D eigenvalue weighted by atomic mass is 9.64. The minimum absolute atomic E-state index is 0.0267. The zero-order chi connectivity index (χ0) is 41.7. The van der Waals surface area contributed by atoms with E-state index in [9.17, 15) is 33.0 Å². The number of carbonyl (C=O) groups excluding carboxylic acids is 2. The number of benzene rings is 3. The number of allylic oxidation sites excluding steroid dienone is 2. The fraction of sp³-hybridized carbons (Fsp3) is 0.532. The summed E-state index contributed by atoms with van der Waals surface area (Å²) in [5.41, 5.74) is 2.72. The lowest BCUT2D eigenvalue weighted by Crippen LogP contribution is -2.53. The Morgan fingerprint density at radius 1 is 0.879 bits per heavy atom. The van der Waals surface area contributed by atoms with Crippen LogP contribution in [0, 0.1) is 11.3 Å². The molecular formula is C47H58F3NO7. The maximum Gasteiger partial charge on any atom is 0.573 e. The average molecular weight is 806 g/mol. The standard InChI is InChI=1S/C47H58F3NO7/c1-31-9-8-23-45(2)40(38-20-15-33(25-36(52)17-12-31)26-39(38)44(54)35-10-6-5-7-11-35)22-24-46(45,55)30-51(29-32-13-18-37(19-14-32)58-47(48,49)50)43(53)28-34-16-21-41(56-3)42(27-34)57-4/h9,13-16,18-21,26-27,35-36,40,52,55H,5-8,10-12,17,22-25,28-30H2,1-4H3/t36-,40-,45-,46+/m0/s1. The lowest BCUT2D eigenvalue weighted by Gasteiger charge is -2.46. The molecule has 8 nitrogen and oxygen atoms in total. The Labute approximate surface area is 340 Å². The van der Waals surface area contributed by atoms with Crippen LogP contribution < -0.4 is 14.2 Å². The topological polar surface area (TPSA) is 106 Å². The van der Waals surface area contributed by atoms with Crippen molar-refractivity contribution in [3.05, 3.63) is 100 Å². The highest BCUT2D eigenvalue weighted by molar-refractivity contribution is 5.99. The first-order valence-electron chi connectivity index (χ1n) is 20.7. The Balaban J connectivity index is 1.39. The molecule has 2 fully saturated rings. The van der Waals surface area contributed by atoms with Gasteiger partial charge < -0.3 is 29.3 Å². The number of methoxy groups -OCH3 is 2. The number of ether oxygens (including phenoxy) is 3. The molecule has 2 N–H and O–H groups in total. The number of amides is 1. The van der Waals surface area contributed by atoms with Gasteiger partial charge in [-0.1, -0.05) is 68.2 Å². The number of alkyl halides is 3. The minimum Gasteiger partial charge on any atom is -0.493 e. The second-order valence-electron chi connectivity index (χ2n) is 17.0. The van der Waals surface area contributed by atoms with Crippen molar-refractivity contribution in [1.29, 1.82) is 0 Å². The van der Waals surface area contributed by atoms with Gasteiger partial charge in [0, 0.05) is 23.4 Å². The number of rotatable bonds is 11. The summed E-state index contributed by atoms with van der Waals surface area (Å²) < 4.78 is 53.9. The van der Waals surface area contributed by atoms with E-state index in [0.717, 1.165) is 55.2 Å². The van der Waals surface area contributed by atoms with E-state index in [0.29, 0.717) is 66.7 Å². The van der Waals surface area contributed by atoms with E-state index in [1.165, 1.54) is 38.5 Å². The lowest BCUT2D eigenvalue weighted by molar-refractivity contribution is -0.274. The van der Waals surface area contributed by atoms with Crippen molar-refractivity contribution in [2.75, 3.05) is 20.8 Å². The molecule has 4 atom stereocenters. The van der Waals surface area contributed by atoms with Gasteiger partial charge in [-0.05, 0) is 123 Å². The quantitative estimate of drug-likeness (QED) is 0.147. The van der Waals surface area contributed by atoms with Gasteiger partial charge in [-0.3, -0.25) is 9.59 Å². The molecule has 3 aromatic carbocycles.